The van der Waals surface area contributed by atoms with Crippen molar-refractivity contribution in [3.05, 3.63) is 89.3 Å². The Morgan fingerprint density at radius 1 is 1.04 bits per heavy atom. The Labute approximate surface area is 155 Å². The molecule has 2 aromatic carbocycles. The lowest BCUT2D eigenvalue weighted by molar-refractivity contribution is 0.104. The molecule has 0 radical (unpaired) electrons. The van der Waals surface area contributed by atoms with Gasteiger partial charge in [0.1, 0.15) is 23.3 Å². The molecule has 2 aromatic heterocycles. The molecule has 26 heavy (non-hydrogen) atoms. The second-order valence-electron chi connectivity index (χ2n) is 5.76. The van der Waals surface area contributed by atoms with Crippen LogP contribution in [0.3, 0.4) is 0 Å². The number of rotatable bonds is 5. The van der Waals surface area contributed by atoms with Gasteiger partial charge in [-0.15, -0.1) is 11.3 Å². The van der Waals surface area contributed by atoms with Crippen LogP contribution in [0.2, 0.25) is 0 Å². The Hall–Kier alpha value is -3.25. The molecule has 0 saturated carbocycles. The van der Waals surface area contributed by atoms with Crippen LogP contribution in [0.1, 0.15) is 20.8 Å². The summed E-state index contributed by atoms with van der Waals surface area (Å²) in [5.41, 5.74) is 3.35. The molecule has 4 aromatic rings. The van der Waals surface area contributed by atoms with E-state index in [-0.39, 0.29) is 5.78 Å². The summed E-state index contributed by atoms with van der Waals surface area (Å²) in [6.45, 7) is 1.94. The standard InChI is InChI=1S/C20H16N4OS/c1-14-17(24-13-21-12-22-24)20(23-16-10-6-3-7-11-16)26-19(14)18(25)15-8-4-2-5-9-15/h2-13,23H,1H3. The fraction of sp³-hybridized carbons (Fsp3) is 0.0500. The maximum absolute atomic E-state index is 13.0. The molecule has 0 atom stereocenters. The van der Waals surface area contributed by atoms with Crippen molar-refractivity contribution in [1.82, 2.24) is 14.8 Å². The number of carbonyl (C=O) groups excluding carboxylic acids is 1. The fourth-order valence-electron chi connectivity index (χ4n) is 2.78. The average Bonchev–Trinajstić information content (AvgIpc) is 3.31. The highest BCUT2D eigenvalue weighted by atomic mass is 32.1. The molecule has 1 N–H and O–H groups in total. The minimum absolute atomic E-state index is 0.00979. The van der Waals surface area contributed by atoms with E-state index in [0.29, 0.717) is 10.4 Å². The number of ketones is 1. The molecule has 0 aliphatic carbocycles. The zero-order valence-electron chi connectivity index (χ0n) is 14.1. The van der Waals surface area contributed by atoms with Gasteiger partial charge in [-0.3, -0.25) is 4.79 Å². The highest BCUT2D eigenvalue weighted by Crippen LogP contribution is 2.38. The number of carbonyl (C=O) groups is 1. The Morgan fingerprint density at radius 2 is 1.73 bits per heavy atom. The number of anilines is 2. The van der Waals surface area contributed by atoms with Crippen LogP contribution in [-0.2, 0) is 0 Å². The summed E-state index contributed by atoms with van der Waals surface area (Å²) < 4.78 is 1.69. The second-order valence-corrected chi connectivity index (χ2v) is 6.78. The topological polar surface area (TPSA) is 59.8 Å². The number of para-hydroxylation sites is 1. The lowest BCUT2D eigenvalue weighted by Crippen LogP contribution is -2.02. The van der Waals surface area contributed by atoms with E-state index in [1.165, 1.54) is 17.7 Å². The van der Waals surface area contributed by atoms with Crippen LogP contribution in [-0.4, -0.2) is 20.5 Å². The number of nitrogens with one attached hydrogen (secondary N) is 1. The lowest BCUT2D eigenvalue weighted by atomic mass is 10.1. The molecule has 0 unspecified atom stereocenters. The van der Waals surface area contributed by atoms with Gasteiger partial charge in [-0.2, -0.15) is 5.10 Å². The first-order chi connectivity index (χ1) is 12.7. The normalized spacial score (nSPS) is 10.7. The molecule has 0 saturated heterocycles. The Kier molecular flexibility index (Phi) is 4.33. The predicted molar refractivity (Wildman–Crippen MR) is 104 cm³/mol. The Balaban J connectivity index is 1.81. The molecule has 0 bridgehead atoms. The quantitative estimate of drug-likeness (QED) is 0.528. The largest absolute Gasteiger partial charge is 0.345 e. The maximum Gasteiger partial charge on any atom is 0.203 e. The highest BCUT2D eigenvalue weighted by Gasteiger charge is 2.23. The van der Waals surface area contributed by atoms with Crippen molar-refractivity contribution in [3.8, 4) is 5.69 Å². The maximum atomic E-state index is 13.0. The molecule has 5 nitrogen and oxygen atoms in total. The predicted octanol–water partition coefficient (Wildman–Crippen LogP) is 4.61. The van der Waals surface area contributed by atoms with Gasteiger partial charge < -0.3 is 5.32 Å². The number of benzene rings is 2. The van der Waals surface area contributed by atoms with E-state index in [1.807, 2.05) is 67.6 Å². The number of hydrogen-bond donors (Lipinski definition) is 1. The van der Waals surface area contributed by atoms with Gasteiger partial charge in [-0.1, -0.05) is 48.5 Å². The minimum Gasteiger partial charge on any atom is -0.345 e. The van der Waals surface area contributed by atoms with Gasteiger partial charge in [-0.25, -0.2) is 9.67 Å². The van der Waals surface area contributed by atoms with Crippen LogP contribution < -0.4 is 5.32 Å². The molecule has 128 valence electrons. The Morgan fingerprint density at radius 3 is 2.38 bits per heavy atom. The molecule has 0 aliphatic rings. The van der Waals surface area contributed by atoms with Crippen molar-refractivity contribution in [2.75, 3.05) is 5.32 Å². The molecule has 4 rings (SSSR count). The summed E-state index contributed by atoms with van der Waals surface area (Å²) in [6, 6.07) is 19.2. The van der Waals surface area contributed by atoms with Crippen LogP contribution in [0.15, 0.2) is 73.3 Å². The zero-order valence-corrected chi connectivity index (χ0v) is 14.9. The van der Waals surface area contributed by atoms with E-state index in [2.05, 4.69) is 15.4 Å². The van der Waals surface area contributed by atoms with Crippen LogP contribution in [0.4, 0.5) is 10.7 Å². The first kappa shape index (κ1) is 16.2. The van der Waals surface area contributed by atoms with Crippen molar-refractivity contribution in [2.45, 2.75) is 6.92 Å². The SMILES string of the molecule is Cc1c(C(=O)c2ccccc2)sc(Nc2ccccc2)c1-n1cncn1. The number of thiophene rings is 1. The third-order valence-corrected chi connectivity index (χ3v) is 5.23. The van der Waals surface area contributed by atoms with E-state index in [0.717, 1.165) is 21.9 Å². The van der Waals surface area contributed by atoms with Crippen molar-refractivity contribution >= 4 is 27.8 Å². The van der Waals surface area contributed by atoms with E-state index in [9.17, 15) is 4.79 Å². The van der Waals surface area contributed by atoms with Gasteiger partial charge in [0.2, 0.25) is 5.78 Å². The third-order valence-electron chi connectivity index (χ3n) is 4.04. The van der Waals surface area contributed by atoms with Crippen molar-refractivity contribution in [2.24, 2.45) is 0 Å². The van der Waals surface area contributed by atoms with Gasteiger partial charge in [-0.05, 0) is 24.6 Å². The monoisotopic (exact) mass is 360 g/mol. The van der Waals surface area contributed by atoms with Gasteiger partial charge in [0.15, 0.2) is 0 Å². The molecular weight excluding hydrogens is 344 g/mol. The third kappa shape index (κ3) is 3.02. The second kappa shape index (κ2) is 6.93. The van der Waals surface area contributed by atoms with Crippen LogP contribution in [0.25, 0.3) is 5.69 Å². The van der Waals surface area contributed by atoms with E-state index >= 15 is 0 Å². The number of aromatic nitrogens is 3. The van der Waals surface area contributed by atoms with Crippen LogP contribution in [0, 0.1) is 6.92 Å². The van der Waals surface area contributed by atoms with Gasteiger partial charge in [0, 0.05) is 11.3 Å². The number of nitrogens with zero attached hydrogens (tertiary/aromatic N) is 3. The molecule has 0 aliphatic heterocycles. The molecule has 0 fully saturated rings. The van der Waals surface area contributed by atoms with Gasteiger partial charge in [0.25, 0.3) is 0 Å². The Bertz CT molecular complexity index is 1020. The van der Waals surface area contributed by atoms with Crippen molar-refractivity contribution in [3.63, 3.8) is 0 Å². The summed E-state index contributed by atoms with van der Waals surface area (Å²) in [6.07, 6.45) is 3.13. The van der Waals surface area contributed by atoms with E-state index in [1.54, 1.807) is 11.0 Å². The highest BCUT2D eigenvalue weighted by molar-refractivity contribution is 7.19. The molecule has 0 amide bonds. The van der Waals surface area contributed by atoms with Crippen LogP contribution >= 0.6 is 11.3 Å². The minimum atomic E-state index is 0.00979. The molecular formula is C20H16N4OS. The van der Waals surface area contributed by atoms with Crippen molar-refractivity contribution in [1.29, 1.82) is 0 Å². The first-order valence-corrected chi connectivity index (χ1v) is 8.96. The summed E-state index contributed by atoms with van der Waals surface area (Å²) in [7, 11) is 0. The summed E-state index contributed by atoms with van der Waals surface area (Å²) in [5.74, 6) is 0.00979. The van der Waals surface area contributed by atoms with Crippen LogP contribution in [0.5, 0.6) is 0 Å². The smallest absolute Gasteiger partial charge is 0.203 e. The van der Waals surface area contributed by atoms with Crippen molar-refractivity contribution < 1.29 is 4.79 Å². The van der Waals surface area contributed by atoms with Gasteiger partial charge >= 0.3 is 0 Å². The zero-order chi connectivity index (χ0) is 17.9. The fourth-order valence-corrected chi connectivity index (χ4v) is 3.96. The summed E-state index contributed by atoms with van der Waals surface area (Å²) >= 11 is 1.43. The van der Waals surface area contributed by atoms with E-state index < -0.39 is 0 Å². The summed E-state index contributed by atoms with van der Waals surface area (Å²) in [5, 5.41) is 8.52. The van der Waals surface area contributed by atoms with Gasteiger partial charge in [0.05, 0.1) is 4.88 Å². The molecule has 6 heteroatoms. The molecule has 2 heterocycles. The lowest BCUT2D eigenvalue weighted by Gasteiger charge is -2.07. The molecule has 0 spiro atoms. The first-order valence-electron chi connectivity index (χ1n) is 8.14. The summed E-state index contributed by atoms with van der Waals surface area (Å²) in [4.78, 5) is 17.7. The van der Waals surface area contributed by atoms with E-state index in [4.69, 9.17) is 0 Å². The average molecular weight is 360 g/mol. The number of hydrogen-bond acceptors (Lipinski definition) is 5.